The van der Waals surface area contributed by atoms with Gasteiger partial charge in [-0.05, 0) is 17.7 Å². The highest BCUT2D eigenvalue weighted by molar-refractivity contribution is 6.31. The number of morpholine rings is 1. The summed E-state index contributed by atoms with van der Waals surface area (Å²) in [5.41, 5.74) is 2.28. The molecule has 0 radical (unpaired) electrons. The van der Waals surface area contributed by atoms with Crippen molar-refractivity contribution >= 4 is 28.7 Å². The Morgan fingerprint density at radius 1 is 1.22 bits per heavy atom. The van der Waals surface area contributed by atoms with Crippen molar-refractivity contribution in [1.29, 1.82) is 0 Å². The first-order chi connectivity index (χ1) is 17.2. The number of halogens is 2. The van der Waals surface area contributed by atoms with Crippen LogP contribution < -0.4 is 10.2 Å². The maximum atomic E-state index is 15.4. The van der Waals surface area contributed by atoms with Crippen molar-refractivity contribution in [2.24, 2.45) is 0 Å². The van der Waals surface area contributed by atoms with Crippen LogP contribution in [-0.2, 0) is 16.7 Å². The Morgan fingerprint density at radius 2 is 2.00 bits per heavy atom. The highest BCUT2D eigenvalue weighted by atomic mass is 35.5. The SMILES string of the molecule is CC(C)(C)c1nnc(C(=O)NCc2ccc(-c3ncnn4cc(N5CCOCC5)cc34)c(F)c2Cl)o1. The zero-order valence-corrected chi connectivity index (χ0v) is 20.8. The molecule has 0 unspecified atom stereocenters. The molecule has 1 saturated heterocycles. The topological polar surface area (TPSA) is 111 Å². The molecule has 188 valence electrons. The summed E-state index contributed by atoms with van der Waals surface area (Å²) in [6.45, 7) is 8.50. The number of amides is 1. The van der Waals surface area contributed by atoms with E-state index in [0.29, 0.717) is 35.9 Å². The van der Waals surface area contributed by atoms with Gasteiger partial charge >= 0.3 is 11.8 Å². The lowest BCUT2D eigenvalue weighted by atomic mass is 9.97. The molecule has 10 nitrogen and oxygen atoms in total. The Bertz CT molecular complexity index is 1420. The van der Waals surface area contributed by atoms with Gasteiger partial charge in [0.05, 0.1) is 35.6 Å². The molecule has 0 spiro atoms. The smallest absolute Gasteiger partial charge is 0.309 e. The van der Waals surface area contributed by atoms with Gasteiger partial charge in [-0.1, -0.05) is 38.4 Å². The van der Waals surface area contributed by atoms with Crippen molar-refractivity contribution in [3.8, 4) is 11.3 Å². The van der Waals surface area contributed by atoms with Crippen molar-refractivity contribution < 1.29 is 18.3 Å². The van der Waals surface area contributed by atoms with Crippen LogP contribution in [0.2, 0.25) is 5.02 Å². The van der Waals surface area contributed by atoms with E-state index in [9.17, 15) is 4.79 Å². The van der Waals surface area contributed by atoms with Gasteiger partial charge < -0.3 is 19.4 Å². The molecule has 0 atom stereocenters. The monoisotopic (exact) mass is 513 g/mol. The van der Waals surface area contributed by atoms with Crippen LogP contribution in [-0.4, -0.2) is 57.0 Å². The molecule has 4 aromatic rings. The van der Waals surface area contributed by atoms with Crippen LogP contribution in [0.25, 0.3) is 16.8 Å². The lowest BCUT2D eigenvalue weighted by Gasteiger charge is -2.27. The number of rotatable bonds is 5. The van der Waals surface area contributed by atoms with Crippen LogP contribution >= 0.6 is 11.6 Å². The molecule has 0 saturated carbocycles. The third-order valence-electron chi connectivity index (χ3n) is 5.89. The normalized spacial score (nSPS) is 14.4. The van der Waals surface area contributed by atoms with E-state index >= 15 is 4.39 Å². The summed E-state index contributed by atoms with van der Waals surface area (Å²) in [5, 5.41) is 14.5. The molecule has 1 aromatic carbocycles. The highest BCUT2D eigenvalue weighted by Crippen LogP contribution is 2.33. The van der Waals surface area contributed by atoms with Crippen LogP contribution in [0.1, 0.15) is 42.9 Å². The maximum absolute atomic E-state index is 15.4. The molecule has 36 heavy (non-hydrogen) atoms. The number of nitrogens with zero attached hydrogens (tertiary/aromatic N) is 6. The van der Waals surface area contributed by atoms with Gasteiger partial charge in [-0.25, -0.2) is 13.9 Å². The van der Waals surface area contributed by atoms with Gasteiger partial charge in [0.2, 0.25) is 5.89 Å². The number of hydrogen-bond acceptors (Lipinski definition) is 8. The minimum absolute atomic E-state index is 0.0202. The first-order valence-corrected chi connectivity index (χ1v) is 11.9. The molecule has 1 amide bonds. The Morgan fingerprint density at radius 3 is 2.72 bits per heavy atom. The Hall–Kier alpha value is -3.57. The summed E-state index contributed by atoms with van der Waals surface area (Å²) in [4.78, 5) is 19.0. The number of anilines is 1. The van der Waals surface area contributed by atoms with E-state index in [1.165, 1.54) is 6.33 Å². The quantitative estimate of drug-likeness (QED) is 0.430. The number of fused-ring (bicyclic) bond motifs is 1. The lowest BCUT2D eigenvalue weighted by Crippen LogP contribution is -2.35. The average Bonchev–Trinajstić information content (AvgIpc) is 3.53. The Balaban J connectivity index is 1.37. The van der Waals surface area contributed by atoms with Crippen molar-refractivity contribution in [3.05, 3.63) is 58.9 Å². The third kappa shape index (κ3) is 4.63. The molecule has 1 N–H and O–H groups in total. The zero-order chi connectivity index (χ0) is 25.4. The summed E-state index contributed by atoms with van der Waals surface area (Å²) in [7, 11) is 0. The van der Waals surface area contributed by atoms with E-state index in [2.05, 4.69) is 30.5 Å². The van der Waals surface area contributed by atoms with Crippen LogP contribution in [0, 0.1) is 5.82 Å². The van der Waals surface area contributed by atoms with Gasteiger partial charge in [-0.3, -0.25) is 4.79 Å². The molecule has 1 fully saturated rings. The number of carbonyl (C=O) groups excluding carboxylic acids is 1. The Labute approximate surface area is 211 Å². The number of nitrogens with one attached hydrogen (secondary N) is 1. The van der Waals surface area contributed by atoms with Gasteiger partial charge in [-0.15, -0.1) is 10.2 Å². The van der Waals surface area contributed by atoms with E-state index in [4.69, 9.17) is 20.8 Å². The van der Waals surface area contributed by atoms with Crippen molar-refractivity contribution in [2.45, 2.75) is 32.7 Å². The molecule has 5 rings (SSSR count). The number of carbonyl (C=O) groups is 1. The molecule has 0 aliphatic carbocycles. The van der Waals surface area contributed by atoms with Crippen LogP contribution in [0.4, 0.5) is 10.1 Å². The molecule has 0 bridgehead atoms. The predicted octanol–water partition coefficient (Wildman–Crippen LogP) is 3.64. The maximum Gasteiger partial charge on any atom is 0.309 e. The summed E-state index contributed by atoms with van der Waals surface area (Å²) < 4.78 is 28.0. The largest absolute Gasteiger partial charge is 0.416 e. The van der Waals surface area contributed by atoms with E-state index in [-0.39, 0.29) is 28.4 Å². The van der Waals surface area contributed by atoms with Gasteiger partial charge in [0.25, 0.3) is 0 Å². The summed E-state index contributed by atoms with van der Waals surface area (Å²) in [6.07, 6.45) is 3.26. The number of ether oxygens (including phenoxy) is 1. The van der Waals surface area contributed by atoms with E-state index in [1.807, 2.05) is 33.0 Å². The second-order valence-corrected chi connectivity index (χ2v) is 9.86. The van der Waals surface area contributed by atoms with Crippen LogP contribution in [0.3, 0.4) is 0 Å². The van der Waals surface area contributed by atoms with Crippen LogP contribution in [0.15, 0.2) is 35.1 Å². The van der Waals surface area contributed by atoms with E-state index in [1.54, 1.807) is 16.6 Å². The second-order valence-electron chi connectivity index (χ2n) is 9.48. The molecular weight excluding hydrogens is 489 g/mol. The first kappa shape index (κ1) is 24.1. The fourth-order valence-electron chi connectivity index (χ4n) is 3.90. The van der Waals surface area contributed by atoms with Gasteiger partial charge in [-0.2, -0.15) is 5.10 Å². The van der Waals surface area contributed by atoms with E-state index in [0.717, 1.165) is 18.8 Å². The molecule has 3 aromatic heterocycles. The first-order valence-electron chi connectivity index (χ1n) is 11.5. The number of benzene rings is 1. The minimum atomic E-state index is -0.633. The van der Waals surface area contributed by atoms with Gasteiger partial charge in [0, 0.05) is 30.6 Å². The van der Waals surface area contributed by atoms with Crippen molar-refractivity contribution in [1.82, 2.24) is 30.1 Å². The Kier molecular flexibility index (Phi) is 6.35. The number of hydrogen-bond donors (Lipinski definition) is 1. The minimum Gasteiger partial charge on any atom is -0.416 e. The fraction of sp³-hybridized carbons (Fsp3) is 0.375. The van der Waals surface area contributed by atoms with Crippen LogP contribution in [0.5, 0.6) is 0 Å². The predicted molar refractivity (Wildman–Crippen MR) is 131 cm³/mol. The van der Waals surface area contributed by atoms with Crippen molar-refractivity contribution in [3.63, 3.8) is 0 Å². The average molecular weight is 514 g/mol. The molecule has 1 aliphatic rings. The third-order valence-corrected chi connectivity index (χ3v) is 6.29. The second kappa shape index (κ2) is 9.47. The number of aromatic nitrogens is 5. The molecule has 1 aliphatic heterocycles. The standard InChI is InChI=1S/C24H25ClFN7O3/c1-24(2,3)23-31-30-22(36-23)21(34)27-11-14-4-5-16(19(26)18(14)25)20-17-10-15(12-33(17)29-13-28-20)32-6-8-35-9-7-32/h4-5,10,12-13H,6-9,11H2,1-3H3,(H,27,34). The van der Waals surface area contributed by atoms with Gasteiger partial charge in [0.15, 0.2) is 5.82 Å². The van der Waals surface area contributed by atoms with E-state index < -0.39 is 11.7 Å². The zero-order valence-electron chi connectivity index (χ0n) is 20.1. The van der Waals surface area contributed by atoms with Crippen molar-refractivity contribution in [2.75, 3.05) is 31.2 Å². The highest BCUT2D eigenvalue weighted by Gasteiger charge is 2.24. The summed E-state index contributed by atoms with van der Waals surface area (Å²) in [6, 6.07) is 5.18. The van der Waals surface area contributed by atoms with Gasteiger partial charge in [0.1, 0.15) is 12.0 Å². The molecular formula is C24H25ClFN7O3. The molecule has 12 heteroatoms. The fourth-order valence-corrected chi connectivity index (χ4v) is 4.13. The summed E-state index contributed by atoms with van der Waals surface area (Å²) >= 11 is 6.37. The molecule has 4 heterocycles. The summed E-state index contributed by atoms with van der Waals surface area (Å²) in [5.74, 6) is -1.02. The lowest BCUT2D eigenvalue weighted by molar-refractivity contribution is 0.0912.